The third-order valence-electron chi connectivity index (χ3n) is 3.87. The Balaban J connectivity index is 2.01. The molecule has 7 nitrogen and oxygen atoms in total. The first kappa shape index (κ1) is 18.1. The van der Waals surface area contributed by atoms with E-state index in [1.807, 2.05) is 18.2 Å². The number of methoxy groups -OCH3 is 2. The van der Waals surface area contributed by atoms with Crippen LogP contribution in [-0.2, 0) is 11.3 Å². The van der Waals surface area contributed by atoms with Crippen molar-refractivity contribution in [2.45, 2.75) is 32.4 Å². The highest BCUT2D eigenvalue weighted by Gasteiger charge is 2.31. The summed E-state index contributed by atoms with van der Waals surface area (Å²) in [6, 6.07) is 5.55. The van der Waals surface area contributed by atoms with E-state index in [1.165, 1.54) is 0 Å². The van der Waals surface area contributed by atoms with E-state index >= 15 is 0 Å². The first-order chi connectivity index (χ1) is 11.6. The van der Waals surface area contributed by atoms with Crippen LogP contribution in [0.4, 0.5) is 4.79 Å². The molecule has 0 bridgehead atoms. The SMILES string of the molecule is CCNC(=O)NC(=O)CN(Cc1ccc(OC)cc1OC)C1CC1. The molecule has 0 heterocycles. The highest BCUT2D eigenvalue weighted by Crippen LogP contribution is 2.31. The van der Waals surface area contributed by atoms with E-state index in [-0.39, 0.29) is 12.5 Å². The van der Waals surface area contributed by atoms with E-state index in [2.05, 4.69) is 15.5 Å². The number of carbonyl (C=O) groups excluding carboxylic acids is 2. The molecule has 24 heavy (non-hydrogen) atoms. The zero-order chi connectivity index (χ0) is 17.5. The van der Waals surface area contributed by atoms with Gasteiger partial charge in [-0.2, -0.15) is 0 Å². The predicted molar refractivity (Wildman–Crippen MR) is 90.2 cm³/mol. The molecule has 1 aliphatic carbocycles. The Morgan fingerprint density at radius 3 is 2.58 bits per heavy atom. The maximum absolute atomic E-state index is 12.1. The number of urea groups is 1. The molecule has 0 aromatic heterocycles. The highest BCUT2D eigenvalue weighted by atomic mass is 16.5. The van der Waals surface area contributed by atoms with Gasteiger partial charge in [0.05, 0.1) is 20.8 Å². The molecule has 1 aliphatic rings. The molecule has 0 saturated heterocycles. The molecule has 1 saturated carbocycles. The third kappa shape index (κ3) is 5.13. The first-order valence-corrected chi connectivity index (χ1v) is 8.10. The smallest absolute Gasteiger partial charge is 0.321 e. The second kappa shape index (κ2) is 8.54. The number of hydrogen-bond acceptors (Lipinski definition) is 5. The Bertz CT molecular complexity index is 587. The van der Waals surface area contributed by atoms with Gasteiger partial charge in [-0.05, 0) is 25.8 Å². The van der Waals surface area contributed by atoms with Crippen molar-refractivity contribution in [1.82, 2.24) is 15.5 Å². The maximum Gasteiger partial charge on any atom is 0.321 e. The van der Waals surface area contributed by atoms with Crippen LogP contribution in [0.15, 0.2) is 18.2 Å². The molecular formula is C17H25N3O4. The fraction of sp³-hybridized carbons (Fsp3) is 0.529. The molecule has 0 radical (unpaired) electrons. The first-order valence-electron chi connectivity index (χ1n) is 8.10. The average molecular weight is 335 g/mol. The molecule has 0 spiro atoms. The van der Waals surface area contributed by atoms with Crippen LogP contribution in [0.2, 0.25) is 0 Å². The lowest BCUT2D eigenvalue weighted by Crippen LogP contribution is -2.44. The van der Waals surface area contributed by atoms with Crippen molar-refractivity contribution in [3.8, 4) is 11.5 Å². The van der Waals surface area contributed by atoms with Gasteiger partial charge < -0.3 is 14.8 Å². The monoisotopic (exact) mass is 335 g/mol. The Kier molecular flexibility index (Phi) is 6.43. The summed E-state index contributed by atoms with van der Waals surface area (Å²) in [6.45, 7) is 3.04. The van der Waals surface area contributed by atoms with Crippen molar-refractivity contribution in [3.63, 3.8) is 0 Å². The second-order valence-corrected chi connectivity index (χ2v) is 5.72. The summed E-state index contributed by atoms with van der Waals surface area (Å²) >= 11 is 0. The van der Waals surface area contributed by atoms with Gasteiger partial charge in [0, 0.05) is 30.8 Å². The third-order valence-corrected chi connectivity index (χ3v) is 3.87. The van der Waals surface area contributed by atoms with Gasteiger partial charge >= 0.3 is 6.03 Å². The van der Waals surface area contributed by atoms with E-state index in [4.69, 9.17) is 9.47 Å². The Morgan fingerprint density at radius 2 is 2.00 bits per heavy atom. The van der Waals surface area contributed by atoms with Crippen molar-refractivity contribution in [1.29, 1.82) is 0 Å². The highest BCUT2D eigenvalue weighted by molar-refractivity contribution is 5.95. The minimum Gasteiger partial charge on any atom is -0.497 e. The zero-order valence-corrected chi connectivity index (χ0v) is 14.4. The molecule has 0 atom stereocenters. The minimum atomic E-state index is -0.458. The molecule has 132 valence electrons. The van der Waals surface area contributed by atoms with Gasteiger partial charge in [0.1, 0.15) is 11.5 Å². The van der Waals surface area contributed by atoms with Crippen molar-refractivity contribution in [2.24, 2.45) is 0 Å². The molecule has 1 aromatic rings. The number of nitrogens with zero attached hydrogens (tertiary/aromatic N) is 1. The Labute approximate surface area is 142 Å². The van der Waals surface area contributed by atoms with Crippen LogP contribution in [0, 0.1) is 0 Å². The normalized spacial score (nSPS) is 13.5. The van der Waals surface area contributed by atoms with E-state index in [9.17, 15) is 9.59 Å². The van der Waals surface area contributed by atoms with Gasteiger partial charge in [0.25, 0.3) is 0 Å². The molecule has 0 aliphatic heterocycles. The van der Waals surface area contributed by atoms with Crippen molar-refractivity contribution < 1.29 is 19.1 Å². The number of ether oxygens (including phenoxy) is 2. The summed E-state index contributed by atoms with van der Waals surface area (Å²) in [5.41, 5.74) is 0.982. The van der Waals surface area contributed by atoms with Crippen LogP contribution in [0.3, 0.4) is 0 Å². The van der Waals surface area contributed by atoms with Crippen molar-refractivity contribution in [2.75, 3.05) is 27.3 Å². The lowest BCUT2D eigenvalue weighted by molar-refractivity contribution is -0.121. The average Bonchev–Trinajstić information content (AvgIpc) is 3.39. The van der Waals surface area contributed by atoms with Crippen molar-refractivity contribution >= 4 is 11.9 Å². The summed E-state index contributed by atoms with van der Waals surface area (Å²) in [5.74, 6) is 1.15. The number of rotatable bonds is 8. The predicted octanol–water partition coefficient (Wildman–Crippen LogP) is 1.51. The fourth-order valence-electron chi connectivity index (χ4n) is 2.51. The van der Waals surface area contributed by atoms with Crippen LogP contribution in [0.5, 0.6) is 11.5 Å². The molecule has 1 fully saturated rings. The summed E-state index contributed by atoms with van der Waals surface area (Å²) < 4.78 is 10.6. The maximum atomic E-state index is 12.1. The molecule has 2 rings (SSSR count). The van der Waals surface area contributed by atoms with Gasteiger partial charge in [-0.1, -0.05) is 6.07 Å². The fourth-order valence-corrected chi connectivity index (χ4v) is 2.51. The van der Waals surface area contributed by atoms with Gasteiger partial charge in [-0.15, -0.1) is 0 Å². The van der Waals surface area contributed by atoms with Crippen LogP contribution in [0.25, 0.3) is 0 Å². The van der Waals surface area contributed by atoms with Gasteiger partial charge in [0.2, 0.25) is 5.91 Å². The number of hydrogen-bond donors (Lipinski definition) is 2. The van der Waals surface area contributed by atoms with Crippen LogP contribution >= 0.6 is 0 Å². The molecule has 2 N–H and O–H groups in total. The van der Waals surface area contributed by atoms with Gasteiger partial charge in [-0.3, -0.25) is 15.0 Å². The molecule has 7 heteroatoms. The quantitative estimate of drug-likeness (QED) is 0.753. The standard InChI is InChI=1S/C17H25N3O4/c1-4-18-17(22)19-16(21)11-20(13-6-7-13)10-12-5-8-14(23-2)9-15(12)24-3/h5,8-9,13H,4,6-7,10-11H2,1-3H3,(H2,18,19,21,22). The Hall–Kier alpha value is -2.28. The second-order valence-electron chi connectivity index (χ2n) is 5.72. The molecular weight excluding hydrogens is 310 g/mol. The number of benzene rings is 1. The number of imide groups is 1. The van der Waals surface area contributed by atoms with Crippen molar-refractivity contribution in [3.05, 3.63) is 23.8 Å². The lowest BCUT2D eigenvalue weighted by Gasteiger charge is -2.22. The largest absolute Gasteiger partial charge is 0.497 e. The van der Waals surface area contributed by atoms with Gasteiger partial charge in [-0.25, -0.2) is 4.79 Å². The van der Waals surface area contributed by atoms with Crippen LogP contribution in [0.1, 0.15) is 25.3 Å². The zero-order valence-electron chi connectivity index (χ0n) is 14.4. The van der Waals surface area contributed by atoms with E-state index in [0.717, 1.165) is 29.9 Å². The number of carbonyl (C=O) groups is 2. The minimum absolute atomic E-state index is 0.178. The Morgan fingerprint density at radius 1 is 1.25 bits per heavy atom. The summed E-state index contributed by atoms with van der Waals surface area (Å²) in [4.78, 5) is 25.6. The topological polar surface area (TPSA) is 79.9 Å². The van der Waals surface area contributed by atoms with Crippen LogP contribution in [-0.4, -0.2) is 50.2 Å². The van der Waals surface area contributed by atoms with E-state index < -0.39 is 6.03 Å². The molecule has 3 amide bonds. The summed E-state index contributed by atoms with van der Waals surface area (Å²) in [7, 11) is 3.22. The van der Waals surface area contributed by atoms with Crippen LogP contribution < -0.4 is 20.1 Å². The number of amides is 3. The molecule has 1 aromatic carbocycles. The summed E-state index contributed by atoms with van der Waals surface area (Å²) in [6.07, 6.45) is 2.12. The molecule has 0 unspecified atom stereocenters. The summed E-state index contributed by atoms with van der Waals surface area (Å²) in [5, 5.41) is 4.90. The van der Waals surface area contributed by atoms with E-state index in [0.29, 0.717) is 19.1 Å². The number of nitrogens with one attached hydrogen (secondary N) is 2. The lowest BCUT2D eigenvalue weighted by atomic mass is 10.1. The van der Waals surface area contributed by atoms with E-state index in [1.54, 1.807) is 21.1 Å². The van der Waals surface area contributed by atoms with Gasteiger partial charge in [0.15, 0.2) is 0 Å².